The minimum atomic E-state index is -0.332. The summed E-state index contributed by atoms with van der Waals surface area (Å²) in [6, 6.07) is 9.66. The summed E-state index contributed by atoms with van der Waals surface area (Å²) in [5.41, 5.74) is 1.35. The lowest BCUT2D eigenvalue weighted by molar-refractivity contribution is -0.121. The molecular formula is C21H25N3O4S. The van der Waals surface area contributed by atoms with E-state index in [1.54, 1.807) is 0 Å². The maximum absolute atomic E-state index is 12.2. The summed E-state index contributed by atoms with van der Waals surface area (Å²) in [5.74, 6) is 0.236. The molecule has 0 radical (unpaired) electrons. The highest BCUT2D eigenvalue weighted by Gasteiger charge is 2.30. The van der Waals surface area contributed by atoms with Gasteiger partial charge in [-0.05, 0) is 37.5 Å². The minimum Gasteiger partial charge on any atom is -0.494 e. The smallest absolute Gasteiger partial charge is 0.230 e. The second-order valence-corrected chi connectivity index (χ2v) is 7.87. The van der Waals surface area contributed by atoms with E-state index in [-0.39, 0.29) is 36.0 Å². The van der Waals surface area contributed by atoms with Gasteiger partial charge in [-0.1, -0.05) is 23.9 Å². The number of nitriles is 1. The van der Waals surface area contributed by atoms with E-state index in [9.17, 15) is 14.9 Å². The number of rotatable bonds is 8. The van der Waals surface area contributed by atoms with Crippen LogP contribution in [-0.4, -0.2) is 43.4 Å². The van der Waals surface area contributed by atoms with E-state index in [0.717, 1.165) is 30.8 Å². The number of nitrogens with one attached hydrogen (secondary N) is 2. The molecule has 1 aromatic carbocycles. The molecule has 1 aromatic rings. The molecule has 8 heteroatoms. The SMILES string of the molecule is CCOc1ccc([C@H]2CC(=O)NC(SCC(=O)NC[C@H]3CCCO3)=C2C#N)cc1. The molecule has 2 aliphatic heterocycles. The molecule has 0 spiro atoms. The summed E-state index contributed by atoms with van der Waals surface area (Å²) in [4.78, 5) is 24.4. The summed E-state index contributed by atoms with van der Waals surface area (Å²) >= 11 is 1.18. The van der Waals surface area contributed by atoms with Crippen molar-refractivity contribution in [3.63, 3.8) is 0 Å². The topological polar surface area (TPSA) is 100 Å². The highest BCUT2D eigenvalue weighted by Crippen LogP contribution is 2.36. The average molecular weight is 416 g/mol. The van der Waals surface area contributed by atoms with Crippen molar-refractivity contribution in [2.75, 3.05) is 25.5 Å². The standard InChI is InChI=1S/C21H25N3O4S/c1-2-27-15-7-5-14(6-8-15)17-10-19(25)24-21(18(17)11-22)29-13-20(26)23-12-16-4-3-9-28-16/h5-8,16-17H,2-4,9-10,12-13H2,1H3,(H,23,26)(H,24,25)/t16-,17-/m1/s1. The first-order valence-electron chi connectivity index (χ1n) is 9.78. The van der Waals surface area contributed by atoms with Crippen molar-refractivity contribution in [3.05, 3.63) is 40.4 Å². The van der Waals surface area contributed by atoms with Crippen LogP contribution in [-0.2, 0) is 14.3 Å². The van der Waals surface area contributed by atoms with Crippen LogP contribution in [0.5, 0.6) is 5.75 Å². The second-order valence-electron chi connectivity index (χ2n) is 6.89. The molecule has 0 unspecified atom stereocenters. The highest BCUT2D eigenvalue weighted by atomic mass is 32.2. The number of ether oxygens (including phenoxy) is 2. The van der Waals surface area contributed by atoms with Gasteiger partial charge in [0, 0.05) is 25.5 Å². The molecule has 0 saturated carbocycles. The number of hydrogen-bond donors (Lipinski definition) is 2. The molecule has 29 heavy (non-hydrogen) atoms. The van der Waals surface area contributed by atoms with Gasteiger partial charge in [0.05, 0.1) is 35.1 Å². The maximum atomic E-state index is 12.2. The molecule has 2 aliphatic rings. The van der Waals surface area contributed by atoms with Gasteiger partial charge in [-0.2, -0.15) is 5.26 Å². The normalized spacial score (nSPS) is 21.4. The van der Waals surface area contributed by atoms with Crippen LogP contribution in [0, 0.1) is 11.3 Å². The van der Waals surface area contributed by atoms with Crippen molar-refractivity contribution in [1.29, 1.82) is 5.26 Å². The fraction of sp³-hybridized carbons (Fsp3) is 0.476. The van der Waals surface area contributed by atoms with Crippen LogP contribution >= 0.6 is 11.8 Å². The van der Waals surface area contributed by atoms with E-state index in [2.05, 4.69) is 16.7 Å². The molecule has 1 fully saturated rings. The molecule has 2 atom stereocenters. The number of thioether (sulfide) groups is 1. The molecule has 7 nitrogen and oxygen atoms in total. The summed E-state index contributed by atoms with van der Waals surface area (Å²) in [6.07, 6.45) is 2.26. The van der Waals surface area contributed by atoms with Gasteiger partial charge < -0.3 is 20.1 Å². The van der Waals surface area contributed by atoms with E-state index >= 15 is 0 Å². The number of hydrogen-bond acceptors (Lipinski definition) is 6. The molecule has 1 saturated heterocycles. The van der Waals surface area contributed by atoms with E-state index in [1.807, 2.05) is 31.2 Å². The number of amides is 2. The summed E-state index contributed by atoms with van der Waals surface area (Å²) < 4.78 is 10.9. The Morgan fingerprint density at radius 2 is 2.21 bits per heavy atom. The Labute approximate surface area is 174 Å². The first-order chi connectivity index (χ1) is 14.1. The zero-order chi connectivity index (χ0) is 20.6. The molecule has 154 valence electrons. The maximum Gasteiger partial charge on any atom is 0.230 e. The summed E-state index contributed by atoms with van der Waals surface area (Å²) in [7, 11) is 0. The van der Waals surface area contributed by atoms with Gasteiger partial charge >= 0.3 is 0 Å². The first-order valence-corrected chi connectivity index (χ1v) is 10.8. The third-order valence-electron chi connectivity index (χ3n) is 4.85. The average Bonchev–Trinajstić information content (AvgIpc) is 3.25. The quantitative estimate of drug-likeness (QED) is 0.676. The fourth-order valence-electron chi connectivity index (χ4n) is 3.40. The predicted octanol–water partition coefficient (Wildman–Crippen LogP) is 2.45. The van der Waals surface area contributed by atoms with Crippen molar-refractivity contribution in [2.24, 2.45) is 0 Å². The van der Waals surface area contributed by atoms with E-state index in [4.69, 9.17) is 9.47 Å². The first kappa shape index (κ1) is 21.2. The molecule has 2 heterocycles. The molecule has 2 N–H and O–H groups in total. The number of benzene rings is 1. The lowest BCUT2D eigenvalue weighted by Crippen LogP contribution is -2.34. The van der Waals surface area contributed by atoms with Gasteiger partial charge in [-0.15, -0.1) is 0 Å². The molecule has 0 bridgehead atoms. The van der Waals surface area contributed by atoms with Gasteiger partial charge in [-0.25, -0.2) is 0 Å². The summed E-state index contributed by atoms with van der Waals surface area (Å²) in [6.45, 7) is 3.72. The van der Waals surface area contributed by atoms with Gasteiger partial charge in [0.1, 0.15) is 5.75 Å². The van der Waals surface area contributed by atoms with Crippen LogP contribution in [0.15, 0.2) is 34.9 Å². The number of carbonyl (C=O) groups is 2. The van der Waals surface area contributed by atoms with Crippen LogP contribution in [0.3, 0.4) is 0 Å². The van der Waals surface area contributed by atoms with Crippen molar-refractivity contribution in [2.45, 2.75) is 38.2 Å². The fourth-order valence-corrected chi connectivity index (χ4v) is 4.31. The zero-order valence-corrected chi connectivity index (χ0v) is 17.2. The van der Waals surface area contributed by atoms with Crippen LogP contribution in [0.25, 0.3) is 0 Å². The van der Waals surface area contributed by atoms with Crippen LogP contribution in [0.4, 0.5) is 0 Å². The van der Waals surface area contributed by atoms with Gasteiger partial charge in [0.2, 0.25) is 11.8 Å². The number of nitrogens with zero attached hydrogens (tertiary/aromatic N) is 1. The molecule has 2 amide bonds. The van der Waals surface area contributed by atoms with Crippen molar-refractivity contribution in [3.8, 4) is 11.8 Å². The van der Waals surface area contributed by atoms with E-state index in [1.165, 1.54) is 11.8 Å². The zero-order valence-electron chi connectivity index (χ0n) is 16.4. The van der Waals surface area contributed by atoms with Crippen molar-refractivity contribution < 1.29 is 19.1 Å². The third kappa shape index (κ3) is 5.75. The van der Waals surface area contributed by atoms with Crippen molar-refractivity contribution >= 4 is 23.6 Å². The lowest BCUT2D eigenvalue weighted by atomic mass is 9.87. The Morgan fingerprint density at radius 1 is 1.41 bits per heavy atom. The largest absolute Gasteiger partial charge is 0.494 e. The predicted molar refractivity (Wildman–Crippen MR) is 110 cm³/mol. The Morgan fingerprint density at radius 3 is 2.86 bits per heavy atom. The number of carbonyl (C=O) groups excluding carboxylic acids is 2. The van der Waals surface area contributed by atoms with Crippen LogP contribution in [0.2, 0.25) is 0 Å². The molecule has 3 rings (SSSR count). The molecule has 0 aliphatic carbocycles. The summed E-state index contributed by atoms with van der Waals surface area (Å²) in [5, 5.41) is 15.8. The van der Waals surface area contributed by atoms with Gasteiger partial charge in [0.15, 0.2) is 0 Å². The highest BCUT2D eigenvalue weighted by molar-refractivity contribution is 8.03. The monoisotopic (exact) mass is 415 g/mol. The third-order valence-corrected chi connectivity index (χ3v) is 5.87. The van der Waals surface area contributed by atoms with E-state index in [0.29, 0.717) is 23.8 Å². The van der Waals surface area contributed by atoms with E-state index < -0.39 is 0 Å². The van der Waals surface area contributed by atoms with Gasteiger partial charge in [-0.3, -0.25) is 9.59 Å². The Hall–Kier alpha value is -2.50. The Bertz CT molecular complexity index is 810. The molecular weight excluding hydrogens is 390 g/mol. The molecule has 0 aromatic heterocycles. The van der Waals surface area contributed by atoms with Crippen LogP contribution in [0.1, 0.15) is 37.7 Å². The Kier molecular flexibility index (Phi) is 7.55. The minimum absolute atomic E-state index is 0.0799. The second kappa shape index (κ2) is 10.3. The lowest BCUT2D eigenvalue weighted by Gasteiger charge is -2.25. The number of allylic oxidation sites excluding steroid dienone is 1. The van der Waals surface area contributed by atoms with Crippen LogP contribution < -0.4 is 15.4 Å². The van der Waals surface area contributed by atoms with Crippen molar-refractivity contribution in [1.82, 2.24) is 10.6 Å². The van der Waals surface area contributed by atoms with Gasteiger partial charge in [0.25, 0.3) is 0 Å². The Balaban J connectivity index is 1.65.